The Hall–Kier alpha value is -1.91. The number of fused-ring (bicyclic) bond motifs is 1. The van der Waals surface area contributed by atoms with Crippen LogP contribution < -0.4 is 10.6 Å². The van der Waals surface area contributed by atoms with Crippen LogP contribution in [-0.4, -0.2) is 5.91 Å². The highest BCUT2D eigenvalue weighted by atomic mass is 35.5. The van der Waals surface area contributed by atoms with E-state index in [-0.39, 0.29) is 17.8 Å². The van der Waals surface area contributed by atoms with Crippen LogP contribution in [0, 0.1) is 5.82 Å². The second-order valence-corrected chi connectivity index (χ2v) is 5.53. The van der Waals surface area contributed by atoms with Gasteiger partial charge in [0.25, 0.3) is 0 Å². The van der Waals surface area contributed by atoms with Gasteiger partial charge in [0.1, 0.15) is 11.9 Å². The Morgan fingerprint density at radius 1 is 1.24 bits per heavy atom. The van der Waals surface area contributed by atoms with Crippen LogP contribution in [0.25, 0.3) is 0 Å². The summed E-state index contributed by atoms with van der Waals surface area (Å²) in [4.78, 5) is 12.0. The van der Waals surface area contributed by atoms with E-state index in [4.69, 9.17) is 11.6 Å². The van der Waals surface area contributed by atoms with E-state index in [1.807, 2.05) is 19.1 Å². The molecule has 0 saturated heterocycles. The highest BCUT2D eigenvalue weighted by molar-refractivity contribution is 6.30. The molecule has 1 aliphatic heterocycles. The quantitative estimate of drug-likeness (QED) is 0.905. The van der Waals surface area contributed by atoms with E-state index < -0.39 is 6.04 Å². The van der Waals surface area contributed by atoms with Gasteiger partial charge in [0, 0.05) is 22.3 Å². The Labute approximate surface area is 127 Å². The molecule has 1 heterocycles. The van der Waals surface area contributed by atoms with Gasteiger partial charge in [-0.25, -0.2) is 4.39 Å². The minimum atomic E-state index is -0.554. The average Bonchev–Trinajstić information content (AvgIpc) is 2.76. The first-order valence-corrected chi connectivity index (χ1v) is 7.04. The van der Waals surface area contributed by atoms with Crippen LogP contribution in [0.5, 0.6) is 0 Å². The summed E-state index contributed by atoms with van der Waals surface area (Å²) in [6.07, 6.45) is 0. The molecular weight excluding hydrogens is 291 g/mol. The maximum atomic E-state index is 13.4. The third-order valence-electron chi connectivity index (χ3n) is 3.63. The summed E-state index contributed by atoms with van der Waals surface area (Å²) < 4.78 is 13.4. The molecule has 2 atom stereocenters. The van der Waals surface area contributed by atoms with Crippen molar-refractivity contribution in [1.29, 1.82) is 0 Å². The van der Waals surface area contributed by atoms with Gasteiger partial charge in [-0.05, 0) is 42.8 Å². The molecule has 0 saturated carbocycles. The standard InChI is InChI=1S/C16H14ClFN2O/c1-9(10-2-4-11(17)5-3-10)19-15-13-8-12(18)6-7-14(13)20-16(15)21/h2-9,15,19H,1H3,(H,20,21). The van der Waals surface area contributed by atoms with Gasteiger partial charge in [0.15, 0.2) is 0 Å². The second-order valence-electron chi connectivity index (χ2n) is 5.09. The molecule has 2 unspecified atom stereocenters. The topological polar surface area (TPSA) is 41.1 Å². The fourth-order valence-corrected chi connectivity index (χ4v) is 2.62. The maximum Gasteiger partial charge on any atom is 0.246 e. The number of nitrogens with one attached hydrogen (secondary N) is 2. The number of carbonyl (C=O) groups excluding carboxylic acids is 1. The Balaban J connectivity index is 1.83. The number of benzene rings is 2. The number of hydrogen-bond donors (Lipinski definition) is 2. The summed E-state index contributed by atoms with van der Waals surface area (Å²) in [7, 11) is 0. The van der Waals surface area contributed by atoms with Crippen molar-refractivity contribution in [2.45, 2.75) is 19.0 Å². The van der Waals surface area contributed by atoms with Crippen molar-refractivity contribution in [3.05, 3.63) is 64.4 Å². The summed E-state index contributed by atoms with van der Waals surface area (Å²) >= 11 is 5.87. The molecule has 0 bridgehead atoms. The lowest BCUT2D eigenvalue weighted by Gasteiger charge is -2.19. The highest BCUT2D eigenvalue weighted by Crippen LogP contribution is 2.33. The van der Waals surface area contributed by atoms with E-state index in [0.29, 0.717) is 16.3 Å². The van der Waals surface area contributed by atoms with E-state index in [0.717, 1.165) is 5.56 Å². The van der Waals surface area contributed by atoms with Gasteiger partial charge in [0.2, 0.25) is 5.91 Å². The molecule has 0 aromatic heterocycles. The Kier molecular flexibility index (Phi) is 3.66. The molecule has 0 fully saturated rings. The minimum absolute atomic E-state index is 0.0627. The van der Waals surface area contributed by atoms with Crippen LogP contribution in [0.1, 0.15) is 30.1 Å². The zero-order valence-electron chi connectivity index (χ0n) is 11.4. The third-order valence-corrected chi connectivity index (χ3v) is 3.88. The van der Waals surface area contributed by atoms with E-state index in [1.54, 1.807) is 18.2 Å². The number of hydrogen-bond acceptors (Lipinski definition) is 2. The summed E-state index contributed by atoms with van der Waals surface area (Å²) in [6, 6.07) is 11.1. The number of carbonyl (C=O) groups is 1. The first-order chi connectivity index (χ1) is 10.0. The van der Waals surface area contributed by atoms with Crippen LogP contribution in [-0.2, 0) is 4.79 Å². The molecule has 0 aliphatic carbocycles. The first kappa shape index (κ1) is 14.0. The van der Waals surface area contributed by atoms with Gasteiger partial charge in [-0.2, -0.15) is 0 Å². The number of halogens is 2. The zero-order valence-corrected chi connectivity index (χ0v) is 12.1. The molecule has 3 nitrogen and oxygen atoms in total. The highest BCUT2D eigenvalue weighted by Gasteiger charge is 2.31. The van der Waals surface area contributed by atoms with Crippen molar-refractivity contribution >= 4 is 23.2 Å². The van der Waals surface area contributed by atoms with Crippen molar-refractivity contribution < 1.29 is 9.18 Å². The maximum absolute atomic E-state index is 13.4. The predicted molar refractivity (Wildman–Crippen MR) is 80.8 cm³/mol. The van der Waals surface area contributed by atoms with E-state index in [2.05, 4.69) is 10.6 Å². The SMILES string of the molecule is CC(NC1C(=O)Nc2ccc(F)cc21)c1ccc(Cl)cc1. The van der Waals surface area contributed by atoms with Gasteiger partial charge in [-0.15, -0.1) is 0 Å². The van der Waals surface area contributed by atoms with Gasteiger partial charge >= 0.3 is 0 Å². The van der Waals surface area contributed by atoms with Gasteiger partial charge in [0.05, 0.1) is 0 Å². The predicted octanol–water partition coefficient (Wildman–Crippen LogP) is 3.82. The van der Waals surface area contributed by atoms with Crippen molar-refractivity contribution in [2.75, 3.05) is 5.32 Å². The van der Waals surface area contributed by atoms with E-state index >= 15 is 0 Å². The molecule has 2 aromatic carbocycles. The minimum Gasteiger partial charge on any atom is -0.324 e. The lowest BCUT2D eigenvalue weighted by Crippen LogP contribution is -2.29. The second kappa shape index (κ2) is 5.47. The monoisotopic (exact) mass is 304 g/mol. The van der Waals surface area contributed by atoms with Crippen LogP contribution in [0.15, 0.2) is 42.5 Å². The number of rotatable bonds is 3. The van der Waals surface area contributed by atoms with Crippen molar-refractivity contribution in [1.82, 2.24) is 5.32 Å². The fraction of sp³-hybridized carbons (Fsp3) is 0.188. The van der Waals surface area contributed by atoms with Crippen LogP contribution in [0.3, 0.4) is 0 Å². The Bertz CT molecular complexity index is 687. The van der Waals surface area contributed by atoms with E-state index in [1.165, 1.54) is 12.1 Å². The van der Waals surface area contributed by atoms with Crippen molar-refractivity contribution in [3.63, 3.8) is 0 Å². The largest absolute Gasteiger partial charge is 0.324 e. The number of amides is 1. The lowest BCUT2D eigenvalue weighted by atomic mass is 10.0. The molecule has 0 radical (unpaired) electrons. The molecule has 1 aliphatic rings. The smallest absolute Gasteiger partial charge is 0.246 e. The molecule has 0 spiro atoms. The lowest BCUT2D eigenvalue weighted by molar-refractivity contribution is -0.117. The van der Waals surface area contributed by atoms with Crippen LogP contribution in [0.4, 0.5) is 10.1 Å². The third kappa shape index (κ3) is 2.77. The van der Waals surface area contributed by atoms with Crippen LogP contribution in [0.2, 0.25) is 5.02 Å². The normalized spacial score (nSPS) is 18.2. The molecule has 21 heavy (non-hydrogen) atoms. The molecule has 5 heteroatoms. The molecule has 1 amide bonds. The molecular formula is C16H14ClFN2O. The van der Waals surface area contributed by atoms with Gasteiger partial charge in [-0.1, -0.05) is 23.7 Å². The molecule has 2 aromatic rings. The van der Waals surface area contributed by atoms with Crippen LogP contribution >= 0.6 is 11.6 Å². The summed E-state index contributed by atoms with van der Waals surface area (Å²) in [6.45, 7) is 1.95. The molecule has 108 valence electrons. The van der Waals surface area contributed by atoms with Gasteiger partial charge < -0.3 is 5.32 Å². The molecule has 3 rings (SSSR count). The van der Waals surface area contributed by atoms with Gasteiger partial charge in [-0.3, -0.25) is 10.1 Å². The fourth-order valence-electron chi connectivity index (χ4n) is 2.50. The first-order valence-electron chi connectivity index (χ1n) is 6.66. The summed E-state index contributed by atoms with van der Waals surface area (Å²) in [5.74, 6) is -0.521. The zero-order chi connectivity index (χ0) is 15.0. The summed E-state index contributed by atoms with van der Waals surface area (Å²) in [5.41, 5.74) is 2.31. The van der Waals surface area contributed by atoms with Crippen molar-refractivity contribution in [3.8, 4) is 0 Å². The Morgan fingerprint density at radius 2 is 1.95 bits per heavy atom. The number of anilines is 1. The average molecular weight is 305 g/mol. The van der Waals surface area contributed by atoms with Crippen molar-refractivity contribution in [2.24, 2.45) is 0 Å². The summed E-state index contributed by atoms with van der Waals surface area (Å²) in [5, 5.41) is 6.64. The van der Waals surface area contributed by atoms with E-state index in [9.17, 15) is 9.18 Å². The molecule has 2 N–H and O–H groups in total. The Morgan fingerprint density at radius 3 is 2.67 bits per heavy atom.